The Morgan fingerprint density at radius 3 is 2.59 bits per heavy atom. The van der Waals surface area contributed by atoms with Gasteiger partial charge in [-0.1, -0.05) is 24.3 Å². The van der Waals surface area contributed by atoms with Gasteiger partial charge in [-0.05, 0) is 23.3 Å². The van der Waals surface area contributed by atoms with Crippen LogP contribution in [0.2, 0.25) is 0 Å². The Morgan fingerprint density at radius 1 is 1.06 bits per heavy atom. The van der Waals surface area contributed by atoms with E-state index in [1.54, 1.807) is 13.4 Å². The quantitative estimate of drug-likeness (QED) is 0.830. The first-order valence-corrected chi connectivity index (χ1v) is 5.69. The van der Waals surface area contributed by atoms with Gasteiger partial charge in [-0.2, -0.15) is 0 Å². The number of nitrogens with one attached hydrogen (secondary N) is 1. The lowest BCUT2D eigenvalue weighted by atomic mass is 10.1. The van der Waals surface area contributed by atoms with Crippen LogP contribution in [0.4, 0.5) is 0 Å². The van der Waals surface area contributed by atoms with Crippen LogP contribution in [0.5, 0.6) is 0 Å². The molecule has 0 atom stereocenters. The van der Waals surface area contributed by atoms with Crippen molar-refractivity contribution in [1.29, 1.82) is 0 Å². The molecule has 0 saturated heterocycles. The van der Waals surface area contributed by atoms with Crippen molar-refractivity contribution in [3.8, 4) is 0 Å². The molecular weight excluding hydrogens is 214 g/mol. The highest BCUT2D eigenvalue weighted by Crippen LogP contribution is 2.10. The van der Waals surface area contributed by atoms with Gasteiger partial charge in [-0.25, -0.2) is 0 Å². The predicted molar refractivity (Wildman–Crippen MR) is 66.4 cm³/mol. The van der Waals surface area contributed by atoms with E-state index in [1.807, 2.05) is 24.3 Å². The number of methoxy groups -OCH3 is 1. The lowest BCUT2D eigenvalue weighted by molar-refractivity contribution is 0.184. The van der Waals surface area contributed by atoms with Crippen LogP contribution in [0.1, 0.15) is 16.9 Å². The van der Waals surface area contributed by atoms with Crippen molar-refractivity contribution in [3.05, 3.63) is 59.5 Å². The fourth-order valence-electron chi connectivity index (χ4n) is 1.76. The molecule has 3 nitrogen and oxygen atoms in total. The molecule has 0 aliphatic heterocycles. The molecule has 0 saturated carbocycles. The van der Waals surface area contributed by atoms with Gasteiger partial charge in [0.2, 0.25) is 0 Å². The van der Waals surface area contributed by atoms with Gasteiger partial charge in [0.25, 0.3) is 0 Å². The average Bonchev–Trinajstić information content (AvgIpc) is 2.85. The molecule has 1 N–H and O–H groups in total. The topological polar surface area (TPSA) is 34.4 Å². The van der Waals surface area contributed by atoms with E-state index in [0.29, 0.717) is 6.61 Å². The van der Waals surface area contributed by atoms with Gasteiger partial charge in [-0.15, -0.1) is 0 Å². The number of hydrogen-bond acceptors (Lipinski definition) is 3. The molecule has 0 aliphatic rings. The molecule has 0 amide bonds. The molecule has 0 unspecified atom stereocenters. The molecule has 2 aromatic rings. The monoisotopic (exact) mass is 231 g/mol. The van der Waals surface area contributed by atoms with Crippen molar-refractivity contribution in [2.24, 2.45) is 0 Å². The molecule has 17 heavy (non-hydrogen) atoms. The Kier molecular flexibility index (Phi) is 4.36. The largest absolute Gasteiger partial charge is 0.468 e. The minimum atomic E-state index is 0.651. The van der Waals surface area contributed by atoms with Crippen molar-refractivity contribution in [1.82, 2.24) is 5.32 Å². The van der Waals surface area contributed by atoms with Gasteiger partial charge >= 0.3 is 0 Å². The molecule has 1 aromatic heterocycles. The van der Waals surface area contributed by atoms with Crippen LogP contribution in [-0.2, 0) is 24.4 Å². The Labute approximate surface area is 101 Å². The number of ether oxygens (including phenoxy) is 1. The van der Waals surface area contributed by atoms with Gasteiger partial charge < -0.3 is 14.5 Å². The molecule has 2 rings (SSSR count). The predicted octanol–water partition coefficient (Wildman–Crippen LogP) is 2.72. The maximum Gasteiger partial charge on any atom is 0.117 e. The second-order valence-electron chi connectivity index (χ2n) is 3.88. The van der Waals surface area contributed by atoms with Crippen LogP contribution in [0.25, 0.3) is 0 Å². The van der Waals surface area contributed by atoms with E-state index in [2.05, 4.69) is 17.4 Å². The highest BCUT2D eigenvalue weighted by Gasteiger charge is 2.01. The van der Waals surface area contributed by atoms with Gasteiger partial charge in [-0.3, -0.25) is 0 Å². The number of benzene rings is 1. The summed E-state index contributed by atoms with van der Waals surface area (Å²) in [5, 5.41) is 3.35. The van der Waals surface area contributed by atoms with E-state index in [-0.39, 0.29) is 0 Å². The maximum absolute atomic E-state index is 5.26. The fourth-order valence-corrected chi connectivity index (χ4v) is 1.76. The van der Waals surface area contributed by atoms with E-state index < -0.39 is 0 Å². The minimum Gasteiger partial charge on any atom is -0.468 e. The Bertz CT molecular complexity index is 437. The number of rotatable bonds is 6. The van der Waals surface area contributed by atoms with E-state index >= 15 is 0 Å². The SMILES string of the molecule is COCc1ccccc1CNCc1ccco1. The normalized spacial score (nSPS) is 10.6. The van der Waals surface area contributed by atoms with E-state index in [9.17, 15) is 0 Å². The smallest absolute Gasteiger partial charge is 0.117 e. The number of furan rings is 1. The summed E-state index contributed by atoms with van der Waals surface area (Å²) in [4.78, 5) is 0. The second kappa shape index (κ2) is 6.23. The van der Waals surface area contributed by atoms with Crippen molar-refractivity contribution in [2.45, 2.75) is 19.7 Å². The summed E-state index contributed by atoms with van der Waals surface area (Å²) in [6.45, 7) is 2.22. The first-order valence-electron chi connectivity index (χ1n) is 5.69. The molecular formula is C14H17NO2. The molecule has 1 heterocycles. The van der Waals surface area contributed by atoms with Crippen LogP contribution < -0.4 is 5.32 Å². The molecule has 0 fully saturated rings. The van der Waals surface area contributed by atoms with Gasteiger partial charge in [0.1, 0.15) is 5.76 Å². The van der Waals surface area contributed by atoms with Gasteiger partial charge in [0, 0.05) is 13.7 Å². The van der Waals surface area contributed by atoms with Crippen molar-refractivity contribution < 1.29 is 9.15 Å². The summed E-state index contributed by atoms with van der Waals surface area (Å²) in [7, 11) is 1.72. The summed E-state index contributed by atoms with van der Waals surface area (Å²) < 4.78 is 10.4. The standard InChI is InChI=1S/C14H17NO2/c1-16-11-13-6-3-2-5-12(13)9-15-10-14-7-4-8-17-14/h2-8,15H,9-11H2,1H3. The zero-order chi connectivity index (χ0) is 11.9. The Morgan fingerprint density at radius 2 is 1.88 bits per heavy atom. The zero-order valence-corrected chi connectivity index (χ0v) is 9.98. The summed E-state index contributed by atoms with van der Waals surface area (Å²) in [6, 6.07) is 12.1. The third kappa shape index (κ3) is 3.44. The first kappa shape index (κ1) is 11.9. The zero-order valence-electron chi connectivity index (χ0n) is 9.98. The van der Waals surface area contributed by atoms with Crippen molar-refractivity contribution in [2.75, 3.05) is 7.11 Å². The molecule has 0 bridgehead atoms. The lowest BCUT2D eigenvalue weighted by Crippen LogP contribution is -2.13. The summed E-state index contributed by atoms with van der Waals surface area (Å²) >= 11 is 0. The van der Waals surface area contributed by atoms with Crippen LogP contribution in [0.3, 0.4) is 0 Å². The maximum atomic E-state index is 5.26. The van der Waals surface area contributed by atoms with E-state index in [4.69, 9.17) is 9.15 Å². The summed E-state index contributed by atoms with van der Waals surface area (Å²) in [5.74, 6) is 0.953. The minimum absolute atomic E-state index is 0.651. The molecule has 1 aromatic carbocycles. The van der Waals surface area contributed by atoms with Crippen molar-refractivity contribution >= 4 is 0 Å². The van der Waals surface area contributed by atoms with Crippen LogP contribution >= 0.6 is 0 Å². The van der Waals surface area contributed by atoms with E-state index in [1.165, 1.54) is 11.1 Å². The average molecular weight is 231 g/mol. The molecule has 3 heteroatoms. The van der Waals surface area contributed by atoms with Crippen LogP contribution in [-0.4, -0.2) is 7.11 Å². The fraction of sp³-hybridized carbons (Fsp3) is 0.286. The van der Waals surface area contributed by atoms with Gasteiger partial charge in [0.15, 0.2) is 0 Å². The highest BCUT2D eigenvalue weighted by atomic mass is 16.5. The van der Waals surface area contributed by atoms with Crippen LogP contribution in [0.15, 0.2) is 47.1 Å². The molecule has 0 aliphatic carbocycles. The Balaban J connectivity index is 1.89. The van der Waals surface area contributed by atoms with E-state index in [0.717, 1.165) is 18.8 Å². The van der Waals surface area contributed by atoms with Crippen molar-refractivity contribution in [3.63, 3.8) is 0 Å². The number of hydrogen-bond donors (Lipinski definition) is 1. The first-order chi connectivity index (χ1) is 8.40. The molecule has 0 spiro atoms. The third-order valence-corrected chi connectivity index (χ3v) is 2.61. The molecule has 0 radical (unpaired) electrons. The Hall–Kier alpha value is -1.58. The summed E-state index contributed by atoms with van der Waals surface area (Å²) in [5.41, 5.74) is 2.49. The summed E-state index contributed by atoms with van der Waals surface area (Å²) in [6.07, 6.45) is 1.69. The molecule has 90 valence electrons. The highest BCUT2D eigenvalue weighted by molar-refractivity contribution is 5.26. The van der Waals surface area contributed by atoms with Gasteiger partial charge in [0.05, 0.1) is 19.4 Å². The third-order valence-electron chi connectivity index (χ3n) is 2.61. The van der Waals surface area contributed by atoms with Crippen LogP contribution in [0, 0.1) is 0 Å². The second-order valence-corrected chi connectivity index (χ2v) is 3.88. The lowest BCUT2D eigenvalue weighted by Gasteiger charge is -2.09.